The Kier molecular flexibility index (Phi) is 6.49. The molecule has 242 valence electrons. The van der Waals surface area contributed by atoms with Crippen LogP contribution in [0, 0.1) is 0 Å². The average molecular weight is 679 g/mol. The Hall–Kier alpha value is -6.48. The van der Waals surface area contributed by atoms with Crippen LogP contribution in [0.2, 0.25) is 0 Å². The number of rotatable bonds is 4. The molecule has 0 fully saturated rings. The Labute approximate surface area is 304 Å². The third-order valence-corrected chi connectivity index (χ3v) is 11.9. The minimum Gasteiger partial charge on any atom is -0.455 e. The molecule has 0 aliphatic heterocycles. The normalized spacial score (nSPS) is 11.8. The molecule has 0 unspecified atom stereocenters. The van der Waals surface area contributed by atoms with E-state index in [1.165, 1.54) is 86.0 Å². The molecule has 0 saturated carbocycles. The monoisotopic (exact) mass is 678 g/mol. The Bertz CT molecular complexity index is 3100. The molecule has 2 aromatic heterocycles. The quantitative estimate of drug-likeness (QED) is 0.169. The molecular formula is C50H30OS. The van der Waals surface area contributed by atoms with E-state index < -0.39 is 0 Å². The van der Waals surface area contributed by atoms with Crippen molar-refractivity contribution in [2.24, 2.45) is 0 Å². The van der Waals surface area contributed by atoms with Gasteiger partial charge in [-0.2, -0.15) is 0 Å². The molecular weight excluding hydrogens is 649 g/mol. The molecule has 11 aromatic rings. The average Bonchev–Trinajstić information content (AvgIpc) is 3.80. The number of hydrogen-bond acceptors (Lipinski definition) is 2. The van der Waals surface area contributed by atoms with E-state index in [4.69, 9.17) is 4.42 Å². The van der Waals surface area contributed by atoms with Gasteiger partial charge in [-0.1, -0.05) is 170 Å². The number of hydrogen-bond donors (Lipinski definition) is 0. The molecule has 0 aliphatic carbocycles. The fourth-order valence-electron chi connectivity index (χ4n) is 8.50. The van der Waals surface area contributed by atoms with Crippen LogP contribution in [0.3, 0.4) is 0 Å². The van der Waals surface area contributed by atoms with Crippen LogP contribution >= 0.6 is 11.3 Å². The van der Waals surface area contributed by atoms with E-state index in [0.717, 1.165) is 22.1 Å². The highest BCUT2D eigenvalue weighted by atomic mass is 32.1. The van der Waals surface area contributed by atoms with E-state index in [9.17, 15) is 0 Å². The van der Waals surface area contributed by atoms with Gasteiger partial charge in [0.25, 0.3) is 0 Å². The maximum atomic E-state index is 7.03. The summed E-state index contributed by atoms with van der Waals surface area (Å²) in [5.41, 5.74) is 10.4. The number of para-hydroxylation sites is 1. The zero-order valence-electron chi connectivity index (χ0n) is 28.1. The smallest absolute Gasteiger partial charge is 0.143 e. The molecule has 0 atom stereocenters. The first-order valence-corrected chi connectivity index (χ1v) is 18.6. The van der Waals surface area contributed by atoms with Crippen molar-refractivity contribution in [3.05, 3.63) is 182 Å². The predicted molar refractivity (Wildman–Crippen MR) is 223 cm³/mol. The Morgan fingerprint density at radius 3 is 1.56 bits per heavy atom. The van der Waals surface area contributed by atoms with Crippen LogP contribution in [0.4, 0.5) is 0 Å². The molecule has 9 aromatic carbocycles. The van der Waals surface area contributed by atoms with Crippen molar-refractivity contribution in [2.45, 2.75) is 0 Å². The predicted octanol–water partition coefficient (Wildman–Crippen LogP) is 14.9. The first-order chi connectivity index (χ1) is 25.8. The van der Waals surface area contributed by atoms with E-state index >= 15 is 0 Å². The standard InChI is InChI=1S/C50H30OS/c1-3-16-32(17-4-1)44-48-43(52-50(44)33-18-5-2-6-19-33)30-29-42-47(48)41-28-14-27-40(49(41)51-42)46-38-24-11-9-22-36(38)45(37-23-10-12-25-39(37)46)35-26-13-20-31-15-7-8-21-34(31)35/h1-30H. The van der Waals surface area contributed by atoms with E-state index in [2.05, 4.69) is 182 Å². The third kappa shape index (κ3) is 4.28. The lowest BCUT2D eigenvalue weighted by Gasteiger charge is -2.18. The van der Waals surface area contributed by atoms with Gasteiger partial charge in [-0.25, -0.2) is 0 Å². The molecule has 0 bridgehead atoms. The largest absolute Gasteiger partial charge is 0.455 e. The zero-order chi connectivity index (χ0) is 34.2. The SMILES string of the molecule is c1ccc(-c2sc3ccc4oc5c(-c6c7ccccc7c(-c7cccc8ccccc78)c7ccccc67)cccc5c4c3c2-c2ccccc2)cc1. The van der Waals surface area contributed by atoms with Crippen molar-refractivity contribution in [3.63, 3.8) is 0 Å². The Morgan fingerprint density at radius 1 is 0.346 bits per heavy atom. The van der Waals surface area contributed by atoms with Gasteiger partial charge in [0.1, 0.15) is 11.2 Å². The maximum absolute atomic E-state index is 7.03. The van der Waals surface area contributed by atoms with Gasteiger partial charge < -0.3 is 4.42 Å². The molecule has 11 rings (SSSR count). The summed E-state index contributed by atoms with van der Waals surface area (Å²) in [6, 6.07) is 65.9. The summed E-state index contributed by atoms with van der Waals surface area (Å²) < 4.78 is 8.28. The summed E-state index contributed by atoms with van der Waals surface area (Å²) in [6.45, 7) is 0. The number of benzene rings is 9. The van der Waals surface area contributed by atoms with Crippen LogP contribution in [-0.4, -0.2) is 0 Å². The van der Waals surface area contributed by atoms with E-state index in [1.807, 2.05) is 11.3 Å². The van der Waals surface area contributed by atoms with Gasteiger partial charge in [-0.05, 0) is 66.7 Å². The molecule has 0 N–H and O–H groups in total. The van der Waals surface area contributed by atoms with Gasteiger partial charge in [0.05, 0.1) is 0 Å². The van der Waals surface area contributed by atoms with Crippen LogP contribution in [-0.2, 0) is 0 Å². The molecule has 52 heavy (non-hydrogen) atoms. The second kappa shape index (κ2) is 11.5. The minimum absolute atomic E-state index is 0.908. The van der Waals surface area contributed by atoms with Crippen molar-refractivity contribution in [1.82, 2.24) is 0 Å². The Morgan fingerprint density at radius 2 is 0.865 bits per heavy atom. The summed E-state index contributed by atoms with van der Waals surface area (Å²) in [4.78, 5) is 1.28. The highest BCUT2D eigenvalue weighted by Gasteiger charge is 2.24. The molecule has 1 nitrogen and oxygen atoms in total. The van der Waals surface area contributed by atoms with Crippen molar-refractivity contribution in [3.8, 4) is 43.8 Å². The molecule has 0 radical (unpaired) electrons. The van der Waals surface area contributed by atoms with Crippen LogP contribution in [0.5, 0.6) is 0 Å². The van der Waals surface area contributed by atoms with Crippen LogP contribution in [0.25, 0.3) is 108 Å². The summed E-state index contributed by atoms with van der Waals surface area (Å²) in [7, 11) is 0. The Balaban J connectivity index is 1.25. The highest BCUT2D eigenvalue weighted by Crippen LogP contribution is 2.52. The zero-order valence-corrected chi connectivity index (χ0v) is 29.0. The topological polar surface area (TPSA) is 13.1 Å². The first kappa shape index (κ1) is 29.3. The first-order valence-electron chi connectivity index (χ1n) is 17.8. The number of furan rings is 1. The highest BCUT2D eigenvalue weighted by molar-refractivity contribution is 7.23. The second-order valence-corrected chi connectivity index (χ2v) is 14.6. The summed E-state index contributed by atoms with van der Waals surface area (Å²) in [5.74, 6) is 0. The van der Waals surface area contributed by atoms with E-state index in [1.54, 1.807) is 0 Å². The second-order valence-electron chi connectivity index (χ2n) is 13.5. The molecule has 0 saturated heterocycles. The number of thiophene rings is 1. The van der Waals surface area contributed by atoms with Gasteiger partial charge >= 0.3 is 0 Å². The molecule has 2 heteroatoms. The molecule has 2 heterocycles. The molecule has 0 aliphatic rings. The van der Waals surface area contributed by atoms with Gasteiger partial charge in [0.15, 0.2) is 0 Å². The third-order valence-electron chi connectivity index (χ3n) is 10.7. The minimum atomic E-state index is 0.908. The summed E-state index contributed by atoms with van der Waals surface area (Å²) >= 11 is 1.86. The van der Waals surface area contributed by atoms with Crippen molar-refractivity contribution < 1.29 is 4.42 Å². The van der Waals surface area contributed by atoms with E-state index in [0.29, 0.717) is 0 Å². The van der Waals surface area contributed by atoms with Crippen molar-refractivity contribution in [2.75, 3.05) is 0 Å². The lowest BCUT2D eigenvalue weighted by Crippen LogP contribution is -1.91. The lowest BCUT2D eigenvalue weighted by atomic mass is 9.84. The fraction of sp³-hybridized carbons (Fsp3) is 0. The maximum Gasteiger partial charge on any atom is 0.143 e. The molecule has 0 spiro atoms. The van der Waals surface area contributed by atoms with Gasteiger partial charge in [0.2, 0.25) is 0 Å². The summed E-state index contributed by atoms with van der Waals surface area (Å²) in [5, 5.41) is 11.0. The van der Waals surface area contributed by atoms with Crippen LogP contribution in [0.1, 0.15) is 0 Å². The van der Waals surface area contributed by atoms with Gasteiger partial charge in [0, 0.05) is 42.4 Å². The van der Waals surface area contributed by atoms with E-state index in [-0.39, 0.29) is 0 Å². The van der Waals surface area contributed by atoms with Crippen molar-refractivity contribution in [1.29, 1.82) is 0 Å². The molecule has 0 amide bonds. The number of fused-ring (bicyclic) bond motifs is 8. The van der Waals surface area contributed by atoms with Gasteiger partial charge in [-0.3, -0.25) is 0 Å². The lowest BCUT2D eigenvalue weighted by molar-refractivity contribution is 0.670. The van der Waals surface area contributed by atoms with Crippen LogP contribution in [0.15, 0.2) is 186 Å². The van der Waals surface area contributed by atoms with Gasteiger partial charge in [-0.15, -0.1) is 11.3 Å². The fourth-order valence-corrected chi connectivity index (χ4v) is 9.74. The van der Waals surface area contributed by atoms with Crippen LogP contribution < -0.4 is 0 Å². The summed E-state index contributed by atoms with van der Waals surface area (Å²) in [6.07, 6.45) is 0. The van der Waals surface area contributed by atoms with Crippen molar-refractivity contribution >= 4 is 75.7 Å².